The summed E-state index contributed by atoms with van der Waals surface area (Å²) in [5.74, 6) is 3.03. The highest BCUT2D eigenvalue weighted by molar-refractivity contribution is 8.15. The van der Waals surface area contributed by atoms with E-state index in [4.69, 9.17) is 0 Å². The minimum atomic E-state index is 0.342. The number of Topliss-reactive ketones (excluding diaryl/α,β-unsaturated/α-hetero) is 1. The third-order valence-electron chi connectivity index (χ3n) is 3.88. The van der Waals surface area contributed by atoms with Gasteiger partial charge in [-0.25, -0.2) is 0 Å². The molecule has 0 aromatic carbocycles. The van der Waals surface area contributed by atoms with Crippen molar-refractivity contribution in [2.45, 2.75) is 97.3 Å². The highest BCUT2D eigenvalue weighted by Gasteiger charge is 1.96. The average molecular weight is 347 g/mol. The van der Waals surface area contributed by atoms with Crippen molar-refractivity contribution >= 4 is 29.3 Å². The molecule has 0 saturated carbocycles. The number of rotatable bonds is 18. The first-order valence-corrected chi connectivity index (χ1v) is 11.7. The van der Waals surface area contributed by atoms with Gasteiger partial charge in [0.15, 0.2) is 0 Å². The molecule has 0 heterocycles. The summed E-state index contributed by atoms with van der Waals surface area (Å²) in [6.07, 6.45) is 17.0. The molecule has 0 unspecified atom stereocenters. The van der Waals surface area contributed by atoms with E-state index in [9.17, 15) is 4.79 Å². The lowest BCUT2D eigenvalue weighted by Gasteiger charge is -2.03. The molecule has 3 heteroatoms. The van der Waals surface area contributed by atoms with Crippen LogP contribution in [0.2, 0.25) is 0 Å². The first-order valence-electron chi connectivity index (χ1n) is 9.42. The van der Waals surface area contributed by atoms with Crippen molar-refractivity contribution in [3.8, 4) is 0 Å². The lowest BCUT2D eigenvalue weighted by Crippen LogP contribution is -1.89. The van der Waals surface area contributed by atoms with Crippen molar-refractivity contribution in [3.05, 3.63) is 0 Å². The molecule has 0 amide bonds. The van der Waals surface area contributed by atoms with Crippen molar-refractivity contribution in [1.29, 1.82) is 0 Å². The van der Waals surface area contributed by atoms with E-state index in [-0.39, 0.29) is 0 Å². The van der Waals surface area contributed by atoms with Gasteiger partial charge in [0, 0.05) is 11.5 Å². The number of carbonyl (C=O) groups excluding carboxylic acids is 1. The van der Waals surface area contributed by atoms with Crippen molar-refractivity contribution in [2.75, 3.05) is 16.6 Å². The molecule has 0 N–H and O–H groups in total. The standard InChI is InChI=1S/C19H38OS2/c1-3-4-5-6-10-13-16-21-18-22-17-14-11-8-7-9-12-15-19(2)20/h3-18H2,1-2H3. The zero-order valence-corrected chi connectivity index (χ0v) is 16.7. The van der Waals surface area contributed by atoms with E-state index in [1.165, 1.54) is 87.2 Å². The van der Waals surface area contributed by atoms with Crippen LogP contribution in [-0.2, 0) is 4.79 Å². The van der Waals surface area contributed by atoms with Gasteiger partial charge < -0.3 is 4.79 Å². The summed E-state index contributed by atoms with van der Waals surface area (Å²) < 4.78 is 0. The Bertz CT molecular complexity index is 231. The summed E-state index contributed by atoms with van der Waals surface area (Å²) in [5.41, 5.74) is 0. The maximum atomic E-state index is 10.8. The van der Waals surface area contributed by atoms with Crippen molar-refractivity contribution in [1.82, 2.24) is 0 Å². The van der Waals surface area contributed by atoms with Crippen molar-refractivity contribution < 1.29 is 4.79 Å². The highest BCUT2D eigenvalue weighted by Crippen LogP contribution is 2.17. The highest BCUT2D eigenvalue weighted by atomic mass is 32.2. The Morgan fingerprint density at radius 2 is 1.14 bits per heavy atom. The van der Waals surface area contributed by atoms with Crippen LogP contribution in [-0.4, -0.2) is 22.4 Å². The van der Waals surface area contributed by atoms with Crippen LogP contribution in [0, 0.1) is 0 Å². The first-order chi connectivity index (χ1) is 10.8. The Morgan fingerprint density at radius 1 is 0.682 bits per heavy atom. The molecule has 132 valence electrons. The number of carbonyl (C=O) groups is 1. The Morgan fingerprint density at radius 3 is 1.64 bits per heavy atom. The molecule has 0 saturated heterocycles. The fraction of sp³-hybridized carbons (Fsp3) is 0.947. The third-order valence-corrected chi connectivity index (χ3v) is 6.36. The van der Waals surface area contributed by atoms with E-state index >= 15 is 0 Å². The Hall–Kier alpha value is 0.370. The SMILES string of the molecule is CCCCCCCCSCSCCCCCCCCC(C)=O. The van der Waals surface area contributed by atoms with Gasteiger partial charge in [-0.1, -0.05) is 64.7 Å². The van der Waals surface area contributed by atoms with Gasteiger partial charge in [-0.2, -0.15) is 23.5 Å². The van der Waals surface area contributed by atoms with E-state index in [1.54, 1.807) is 6.92 Å². The largest absolute Gasteiger partial charge is 0.300 e. The van der Waals surface area contributed by atoms with E-state index in [0.717, 1.165) is 12.8 Å². The van der Waals surface area contributed by atoms with Crippen LogP contribution in [0.15, 0.2) is 0 Å². The Labute approximate surface area is 148 Å². The molecule has 0 aromatic rings. The maximum Gasteiger partial charge on any atom is 0.129 e. The molecule has 0 radical (unpaired) electrons. The fourth-order valence-corrected chi connectivity index (χ4v) is 4.68. The quantitative estimate of drug-likeness (QED) is 0.195. The molecule has 0 aliphatic carbocycles. The molecule has 0 fully saturated rings. The van der Waals surface area contributed by atoms with Gasteiger partial charge in [0.1, 0.15) is 5.78 Å². The van der Waals surface area contributed by atoms with Gasteiger partial charge in [-0.05, 0) is 37.7 Å². The van der Waals surface area contributed by atoms with E-state index in [1.807, 2.05) is 0 Å². The van der Waals surface area contributed by atoms with Crippen LogP contribution in [0.4, 0.5) is 0 Å². The van der Waals surface area contributed by atoms with E-state index in [0.29, 0.717) is 5.78 Å². The lowest BCUT2D eigenvalue weighted by atomic mass is 10.1. The molecule has 0 spiro atoms. The molecule has 1 nitrogen and oxygen atoms in total. The summed E-state index contributed by atoms with van der Waals surface area (Å²) in [6, 6.07) is 0. The number of hydrogen-bond donors (Lipinski definition) is 0. The Kier molecular flexibility index (Phi) is 19.7. The van der Waals surface area contributed by atoms with Gasteiger partial charge in [-0.15, -0.1) is 0 Å². The van der Waals surface area contributed by atoms with Gasteiger partial charge in [0.2, 0.25) is 0 Å². The van der Waals surface area contributed by atoms with Crippen LogP contribution in [0.5, 0.6) is 0 Å². The van der Waals surface area contributed by atoms with Crippen LogP contribution < -0.4 is 0 Å². The van der Waals surface area contributed by atoms with Crippen molar-refractivity contribution in [3.63, 3.8) is 0 Å². The minimum absolute atomic E-state index is 0.342. The Balaban J connectivity index is 2.95. The molecule has 0 aromatic heterocycles. The molecule has 22 heavy (non-hydrogen) atoms. The monoisotopic (exact) mass is 346 g/mol. The third kappa shape index (κ3) is 20.4. The van der Waals surface area contributed by atoms with Gasteiger partial charge in [-0.3, -0.25) is 0 Å². The molecule has 0 aliphatic rings. The zero-order chi connectivity index (χ0) is 16.3. The average Bonchev–Trinajstić information content (AvgIpc) is 2.50. The van der Waals surface area contributed by atoms with Crippen LogP contribution in [0.1, 0.15) is 97.3 Å². The number of hydrogen-bond acceptors (Lipinski definition) is 3. The van der Waals surface area contributed by atoms with E-state index in [2.05, 4.69) is 30.4 Å². The van der Waals surface area contributed by atoms with Gasteiger partial charge in [0.05, 0.1) is 0 Å². The molecule has 0 aliphatic heterocycles. The second-order valence-electron chi connectivity index (χ2n) is 6.28. The summed E-state index contributed by atoms with van der Waals surface area (Å²) >= 11 is 4.24. The summed E-state index contributed by atoms with van der Waals surface area (Å²) in [5, 5.41) is 1.29. The smallest absolute Gasteiger partial charge is 0.129 e. The zero-order valence-electron chi connectivity index (χ0n) is 15.0. The second-order valence-corrected chi connectivity index (χ2v) is 8.85. The predicted molar refractivity (Wildman–Crippen MR) is 106 cm³/mol. The number of thioether (sulfide) groups is 2. The van der Waals surface area contributed by atoms with Crippen molar-refractivity contribution in [2.24, 2.45) is 0 Å². The number of unbranched alkanes of at least 4 members (excludes halogenated alkanes) is 10. The van der Waals surface area contributed by atoms with Gasteiger partial charge in [0.25, 0.3) is 0 Å². The van der Waals surface area contributed by atoms with Crippen LogP contribution >= 0.6 is 23.5 Å². The molecule has 0 atom stereocenters. The predicted octanol–water partition coefficient (Wildman–Crippen LogP) is 7.09. The lowest BCUT2D eigenvalue weighted by molar-refractivity contribution is -0.117. The van der Waals surface area contributed by atoms with Crippen LogP contribution in [0.25, 0.3) is 0 Å². The fourth-order valence-electron chi connectivity index (χ4n) is 2.45. The van der Waals surface area contributed by atoms with Gasteiger partial charge >= 0.3 is 0 Å². The summed E-state index contributed by atoms with van der Waals surface area (Å²) in [7, 11) is 0. The normalized spacial score (nSPS) is 11.0. The maximum absolute atomic E-state index is 10.8. The topological polar surface area (TPSA) is 17.1 Å². The number of ketones is 1. The summed E-state index contributed by atoms with van der Waals surface area (Å²) in [4.78, 5) is 10.8. The van der Waals surface area contributed by atoms with Crippen LogP contribution in [0.3, 0.4) is 0 Å². The molecule has 0 bridgehead atoms. The minimum Gasteiger partial charge on any atom is -0.300 e. The first kappa shape index (κ1) is 22.4. The second kappa shape index (κ2) is 19.4. The molecular formula is C19H38OS2. The summed E-state index contributed by atoms with van der Waals surface area (Å²) in [6.45, 7) is 3.98. The molecule has 0 rings (SSSR count). The van der Waals surface area contributed by atoms with E-state index < -0.39 is 0 Å². The molecular weight excluding hydrogens is 308 g/mol.